The van der Waals surface area contributed by atoms with Crippen LogP contribution in [0.2, 0.25) is 0 Å². The van der Waals surface area contributed by atoms with Gasteiger partial charge in [-0.1, -0.05) is 0 Å². The molecule has 4 N–H and O–H groups in total. The first-order valence-corrected chi connectivity index (χ1v) is 10.6. The van der Waals surface area contributed by atoms with Crippen LogP contribution in [0.25, 0.3) is 0 Å². The summed E-state index contributed by atoms with van der Waals surface area (Å²) in [7, 11) is -1.76. The Morgan fingerprint density at radius 1 is 1.39 bits per heavy atom. The van der Waals surface area contributed by atoms with Crippen LogP contribution in [0.3, 0.4) is 0 Å². The van der Waals surface area contributed by atoms with Gasteiger partial charge in [-0.05, 0) is 31.3 Å². The zero-order valence-electron chi connectivity index (χ0n) is 15.0. The molecule has 28 heavy (non-hydrogen) atoms. The summed E-state index contributed by atoms with van der Waals surface area (Å²) in [4.78, 5) is 20.1. The molecule has 0 unspecified atom stereocenters. The number of amides is 1. The van der Waals surface area contributed by atoms with Crippen molar-refractivity contribution in [2.75, 3.05) is 24.2 Å². The van der Waals surface area contributed by atoms with Gasteiger partial charge in [0.05, 0.1) is 10.6 Å². The van der Waals surface area contributed by atoms with Crippen LogP contribution in [-0.4, -0.2) is 37.8 Å². The van der Waals surface area contributed by atoms with Crippen LogP contribution in [0.1, 0.15) is 10.6 Å². The van der Waals surface area contributed by atoms with Gasteiger partial charge in [-0.15, -0.1) is 11.3 Å². The van der Waals surface area contributed by atoms with Crippen LogP contribution in [0.4, 0.5) is 10.8 Å². The van der Waals surface area contributed by atoms with Crippen LogP contribution in [0.15, 0.2) is 40.9 Å². The summed E-state index contributed by atoms with van der Waals surface area (Å²) in [6.45, 7) is 1.78. The van der Waals surface area contributed by atoms with E-state index in [-0.39, 0.29) is 10.5 Å². The lowest BCUT2D eigenvalue weighted by molar-refractivity contribution is -0.112. The number of hydrogen-bond acceptors (Lipinski definition) is 8. The predicted octanol–water partition coefficient (Wildman–Crippen LogP) is 1.24. The molecule has 2 heterocycles. The van der Waals surface area contributed by atoms with Crippen LogP contribution >= 0.6 is 11.3 Å². The number of benzene rings is 1. The molecule has 3 rings (SSSR count). The number of carbonyl (C=O) groups is 1. The van der Waals surface area contributed by atoms with E-state index < -0.39 is 15.9 Å². The highest BCUT2D eigenvalue weighted by Gasteiger charge is 2.18. The minimum Gasteiger partial charge on any atom is -0.337 e. The Morgan fingerprint density at radius 2 is 2.11 bits per heavy atom. The van der Waals surface area contributed by atoms with Gasteiger partial charge in [0.25, 0.3) is 5.91 Å². The van der Waals surface area contributed by atoms with Crippen LogP contribution in [0.5, 0.6) is 0 Å². The monoisotopic (exact) mass is 418 g/mol. The van der Waals surface area contributed by atoms with Gasteiger partial charge < -0.3 is 15.5 Å². The summed E-state index contributed by atoms with van der Waals surface area (Å²) < 4.78 is 22.5. The molecule has 2 aromatic rings. The van der Waals surface area contributed by atoms with Gasteiger partial charge in [0.15, 0.2) is 5.13 Å². The summed E-state index contributed by atoms with van der Waals surface area (Å²) in [6.07, 6.45) is 2.18. The average molecular weight is 419 g/mol. The molecule has 0 bridgehead atoms. The van der Waals surface area contributed by atoms with Gasteiger partial charge in [0.1, 0.15) is 11.6 Å². The minimum atomic E-state index is -3.81. The molecule has 1 aromatic heterocycles. The first-order valence-electron chi connectivity index (χ1n) is 8.24. The number of sulfonamides is 1. The third kappa shape index (κ3) is 4.73. The number of anilines is 2. The highest BCUT2D eigenvalue weighted by atomic mass is 32.2. The second-order valence-electron chi connectivity index (χ2n) is 6.21. The van der Waals surface area contributed by atoms with Crippen LogP contribution in [0, 0.1) is 11.3 Å². The quantitative estimate of drug-likeness (QED) is 0.490. The third-order valence-corrected chi connectivity index (χ3v) is 6.01. The first kappa shape index (κ1) is 20.0. The van der Waals surface area contributed by atoms with E-state index in [9.17, 15) is 18.5 Å². The summed E-state index contributed by atoms with van der Waals surface area (Å²) in [5.74, 6) is -0.626. The Morgan fingerprint density at radius 3 is 2.75 bits per heavy atom. The fourth-order valence-corrected chi connectivity index (χ4v) is 4.17. The van der Waals surface area contributed by atoms with E-state index in [1.807, 2.05) is 13.1 Å². The molecule has 0 fully saturated rings. The van der Waals surface area contributed by atoms with Gasteiger partial charge in [-0.3, -0.25) is 4.79 Å². The molecule has 1 aromatic carbocycles. The van der Waals surface area contributed by atoms with Crippen molar-refractivity contribution in [2.24, 2.45) is 5.14 Å². The maximum absolute atomic E-state index is 12.3. The van der Waals surface area contributed by atoms with E-state index in [0.29, 0.717) is 10.8 Å². The van der Waals surface area contributed by atoms with Gasteiger partial charge >= 0.3 is 0 Å². The maximum atomic E-state index is 12.3. The van der Waals surface area contributed by atoms with E-state index in [4.69, 9.17) is 5.14 Å². The minimum absolute atomic E-state index is 0.0680. The summed E-state index contributed by atoms with van der Waals surface area (Å²) in [5, 5.41) is 20.4. The number of likely N-dealkylation sites (N-methyl/N-ethyl adjacent to an activating group) is 1. The SMILES string of the molecule is CN1CCc2nc(N/C=C(/C#N)C(=O)Nc3ccc(S(N)(=O)=O)cc3)sc2C1. The van der Waals surface area contributed by atoms with E-state index in [1.54, 1.807) is 0 Å². The second kappa shape index (κ2) is 8.07. The standard InChI is InChI=1S/C17H18N6O3S2/c1-23-7-6-14-15(10-23)27-17(22-14)20-9-11(8-18)16(24)21-12-2-4-13(5-3-12)28(19,25)26/h2-5,9H,6-7,10H2,1H3,(H,20,22)(H,21,24)(H2,19,25,26)/b11-9-. The number of hydrogen-bond donors (Lipinski definition) is 3. The van der Waals surface area contributed by atoms with E-state index in [0.717, 1.165) is 25.2 Å². The molecular formula is C17H18N6O3S2. The Kier molecular flexibility index (Phi) is 5.76. The normalized spacial score (nSPS) is 14.8. The van der Waals surface area contributed by atoms with Crippen molar-refractivity contribution in [1.29, 1.82) is 5.26 Å². The molecule has 146 valence electrons. The van der Waals surface area contributed by atoms with Crippen molar-refractivity contribution < 1.29 is 13.2 Å². The fraction of sp³-hybridized carbons (Fsp3) is 0.235. The Hall–Kier alpha value is -2.78. The van der Waals surface area contributed by atoms with Crippen molar-refractivity contribution in [2.45, 2.75) is 17.9 Å². The number of fused-ring (bicyclic) bond motifs is 1. The molecule has 11 heteroatoms. The lowest BCUT2D eigenvalue weighted by Crippen LogP contribution is -2.25. The summed E-state index contributed by atoms with van der Waals surface area (Å²) in [6, 6.07) is 7.17. The van der Waals surface area contributed by atoms with Crippen molar-refractivity contribution in [3.05, 3.63) is 46.6 Å². The maximum Gasteiger partial charge on any atom is 0.267 e. The van der Waals surface area contributed by atoms with Crippen molar-refractivity contribution >= 4 is 38.1 Å². The molecule has 9 nitrogen and oxygen atoms in total. The molecule has 1 amide bonds. The van der Waals surface area contributed by atoms with Gasteiger partial charge in [0.2, 0.25) is 10.0 Å². The topological polar surface area (TPSA) is 141 Å². The van der Waals surface area contributed by atoms with E-state index in [2.05, 4.69) is 20.5 Å². The molecule has 0 atom stereocenters. The lowest BCUT2D eigenvalue weighted by atomic mass is 10.2. The highest BCUT2D eigenvalue weighted by Crippen LogP contribution is 2.27. The number of nitriles is 1. The van der Waals surface area contributed by atoms with Crippen molar-refractivity contribution in [1.82, 2.24) is 9.88 Å². The molecule has 0 radical (unpaired) electrons. The summed E-state index contributed by atoms with van der Waals surface area (Å²) >= 11 is 1.49. The second-order valence-corrected chi connectivity index (χ2v) is 8.86. The lowest BCUT2D eigenvalue weighted by Gasteiger charge is -2.20. The molecule has 1 aliphatic heterocycles. The smallest absolute Gasteiger partial charge is 0.267 e. The molecule has 0 aliphatic carbocycles. The number of thiazole rings is 1. The highest BCUT2D eigenvalue weighted by molar-refractivity contribution is 7.89. The number of primary sulfonamides is 1. The number of aromatic nitrogens is 1. The zero-order chi connectivity index (χ0) is 20.3. The fourth-order valence-electron chi connectivity index (χ4n) is 2.59. The predicted molar refractivity (Wildman–Crippen MR) is 106 cm³/mol. The number of nitrogens with one attached hydrogen (secondary N) is 2. The van der Waals surface area contributed by atoms with Crippen LogP contribution in [-0.2, 0) is 27.8 Å². The molecule has 1 aliphatic rings. The zero-order valence-corrected chi connectivity index (χ0v) is 16.6. The van der Waals surface area contributed by atoms with Crippen molar-refractivity contribution in [3.63, 3.8) is 0 Å². The largest absolute Gasteiger partial charge is 0.337 e. The molecule has 0 saturated carbocycles. The Labute approximate surface area is 166 Å². The summed E-state index contributed by atoms with van der Waals surface area (Å²) in [5.41, 5.74) is 1.24. The van der Waals surface area contributed by atoms with Gasteiger partial charge in [-0.25, -0.2) is 18.5 Å². The number of nitrogens with two attached hydrogens (primary N) is 1. The van der Waals surface area contributed by atoms with Crippen molar-refractivity contribution in [3.8, 4) is 6.07 Å². The Bertz CT molecular complexity index is 1070. The first-order chi connectivity index (χ1) is 13.3. The average Bonchev–Trinajstić information content (AvgIpc) is 3.03. The van der Waals surface area contributed by atoms with Gasteiger partial charge in [-0.2, -0.15) is 5.26 Å². The van der Waals surface area contributed by atoms with Crippen LogP contribution < -0.4 is 15.8 Å². The van der Waals surface area contributed by atoms with E-state index in [1.165, 1.54) is 46.7 Å². The molecule has 0 spiro atoms. The number of rotatable bonds is 5. The van der Waals surface area contributed by atoms with Gasteiger partial charge in [0, 0.05) is 36.3 Å². The number of nitrogens with zero attached hydrogens (tertiary/aromatic N) is 3. The number of carbonyl (C=O) groups excluding carboxylic acids is 1. The van der Waals surface area contributed by atoms with E-state index >= 15 is 0 Å². The third-order valence-electron chi connectivity index (χ3n) is 4.07. The Balaban J connectivity index is 1.67. The molecule has 0 saturated heterocycles. The molecular weight excluding hydrogens is 400 g/mol.